The fourth-order valence-electron chi connectivity index (χ4n) is 3.47. The van der Waals surface area contributed by atoms with Crippen LogP contribution < -0.4 is 0 Å². The third-order valence-corrected chi connectivity index (χ3v) is 4.99. The fourth-order valence-corrected chi connectivity index (χ4v) is 3.47. The van der Waals surface area contributed by atoms with Crippen LogP contribution in [0.3, 0.4) is 0 Å². The maximum Gasteiger partial charge on any atom is 0.341 e. The molecule has 0 heterocycles. The smallest absolute Gasteiger partial charge is 0.341 e. The Balaban J connectivity index is 1.99. The molecule has 0 aliphatic heterocycles. The normalized spacial score (nSPS) is 13.0. The molecule has 0 saturated carbocycles. The lowest BCUT2D eigenvalue weighted by Gasteiger charge is -2.23. The van der Waals surface area contributed by atoms with Crippen molar-refractivity contribution in [3.05, 3.63) is 101 Å². The highest BCUT2D eigenvalue weighted by molar-refractivity contribution is 5.92. The van der Waals surface area contributed by atoms with Crippen LogP contribution >= 0.6 is 0 Å². The molecule has 0 radical (unpaired) electrons. The summed E-state index contributed by atoms with van der Waals surface area (Å²) in [6.45, 7) is 2.22. The van der Waals surface area contributed by atoms with E-state index in [0.29, 0.717) is 5.92 Å². The van der Waals surface area contributed by atoms with E-state index < -0.39 is 5.97 Å². The van der Waals surface area contributed by atoms with Crippen molar-refractivity contribution >= 4 is 5.97 Å². The summed E-state index contributed by atoms with van der Waals surface area (Å²) in [7, 11) is 1.32. The van der Waals surface area contributed by atoms with Crippen molar-refractivity contribution in [2.75, 3.05) is 7.11 Å². The molecule has 0 spiro atoms. The van der Waals surface area contributed by atoms with E-state index in [1.165, 1.54) is 18.2 Å². The van der Waals surface area contributed by atoms with Gasteiger partial charge in [-0.15, -0.1) is 0 Å². The van der Waals surface area contributed by atoms with Gasteiger partial charge in [-0.25, -0.2) is 4.79 Å². The summed E-state index contributed by atoms with van der Waals surface area (Å²) in [6, 6.07) is 25.9. The summed E-state index contributed by atoms with van der Waals surface area (Å²) in [4.78, 5) is 12.0. The Kier molecular flexibility index (Phi) is 5.92. The highest BCUT2D eigenvalue weighted by Gasteiger charge is 2.21. The maximum atomic E-state index is 12.0. The topological polar surface area (TPSA) is 46.5 Å². The Morgan fingerprint density at radius 1 is 0.889 bits per heavy atom. The first-order valence-electron chi connectivity index (χ1n) is 9.11. The molecular weight excluding hydrogens is 336 g/mol. The van der Waals surface area contributed by atoms with Crippen LogP contribution in [-0.2, 0) is 4.74 Å². The predicted octanol–water partition coefficient (Wildman–Crippen LogP) is 5.50. The van der Waals surface area contributed by atoms with Gasteiger partial charge in [0, 0.05) is 5.92 Å². The summed E-state index contributed by atoms with van der Waals surface area (Å²) in [5.41, 5.74) is 3.65. The van der Waals surface area contributed by atoms with E-state index in [9.17, 15) is 9.90 Å². The first kappa shape index (κ1) is 18.7. The zero-order valence-electron chi connectivity index (χ0n) is 15.6. The lowest BCUT2D eigenvalue weighted by Crippen LogP contribution is -2.09. The minimum atomic E-state index is -0.530. The molecule has 0 amide bonds. The van der Waals surface area contributed by atoms with Crippen LogP contribution in [-0.4, -0.2) is 18.2 Å². The third-order valence-electron chi connectivity index (χ3n) is 4.99. The van der Waals surface area contributed by atoms with Gasteiger partial charge in [0.2, 0.25) is 0 Å². The molecule has 138 valence electrons. The van der Waals surface area contributed by atoms with Crippen molar-refractivity contribution in [2.24, 2.45) is 0 Å². The Bertz CT molecular complexity index is 888. The highest BCUT2D eigenvalue weighted by Crippen LogP contribution is 2.36. The number of aromatic hydroxyl groups is 1. The second-order valence-electron chi connectivity index (χ2n) is 6.78. The molecular formula is C24H24O3. The molecule has 0 saturated heterocycles. The molecule has 0 aliphatic carbocycles. The molecule has 0 fully saturated rings. The van der Waals surface area contributed by atoms with Crippen molar-refractivity contribution in [3.8, 4) is 5.75 Å². The molecule has 27 heavy (non-hydrogen) atoms. The quantitative estimate of drug-likeness (QED) is 0.590. The van der Waals surface area contributed by atoms with Crippen LogP contribution in [0.2, 0.25) is 0 Å². The first-order valence-corrected chi connectivity index (χ1v) is 9.11. The Hall–Kier alpha value is -3.07. The van der Waals surface area contributed by atoms with Crippen LogP contribution in [0.5, 0.6) is 5.75 Å². The predicted molar refractivity (Wildman–Crippen MR) is 107 cm³/mol. The van der Waals surface area contributed by atoms with Gasteiger partial charge in [-0.1, -0.05) is 73.7 Å². The zero-order valence-corrected chi connectivity index (χ0v) is 15.6. The van der Waals surface area contributed by atoms with Gasteiger partial charge >= 0.3 is 5.97 Å². The van der Waals surface area contributed by atoms with Crippen molar-refractivity contribution in [1.82, 2.24) is 0 Å². The summed E-state index contributed by atoms with van der Waals surface area (Å²) < 4.78 is 4.81. The number of hydrogen-bond donors (Lipinski definition) is 1. The molecule has 3 heteroatoms. The Labute approximate surface area is 160 Å². The second kappa shape index (κ2) is 8.54. The number of phenols is 1. The van der Waals surface area contributed by atoms with E-state index in [0.717, 1.165) is 12.0 Å². The van der Waals surface area contributed by atoms with Gasteiger partial charge in [0.05, 0.1) is 7.11 Å². The molecule has 1 N–H and O–H groups in total. The highest BCUT2D eigenvalue weighted by atomic mass is 16.5. The van der Waals surface area contributed by atoms with Crippen molar-refractivity contribution in [3.63, 3.8) is 0 Å². The average molecular weight is 360 g/mol. The molecule has 2 unspecified atom stereocenters. The minimum absolute atomic E-state index is 0.0616. The molecule has 3 rings (SSSR count). The number of phenolic OH excluding ortho intramolecular Hbond substituents is 1. The molecule has 3 aromatic rings. The Morgan fingerprint density at radius 2 is 1.48 bits per heavy atom. The van der Waals surface area contributed by atoms with Crippen LogP contribution in [0, 0.1) is 0 Å². The molecule has 0 aliphatic rings. The van der Waals surface area contributed by atoms with Gasteiger partial charge in [0.25, 0.3) is 0 Å². The minimum Gasteiger partial charge on any atom is -0.507 e. The van der Waals surface area contributed by atoms with E-state index in [2.05, 4.69) is 43.3 Å². The van der Waals surface area contributed by atoms with E-state index in [1.54, 1.807) is 12.1 Å². The van der Waals surface area contributed by atoms with E-state index >= 15 is 0 Å². The van der Waals surface area contributed by atoms with Gasteiger partial charge in [-0.3, -0.25) is 0 Å². The van der Waals surface area contributed by atoms with Crippen molar-refractivity contribution < 1.29 is 14.6 Å². The number of carbonyl (C=O) groups is 1. The number of benzene rings is 3. The Morgan fingerprint density at radius 3 is 2.07 bits per heavy atom. The SMILES string of the molecule is COC(=O)c1cc(C(CC(C)c2ccccc2)c2ccccc2)ccc1O. The average Bonchev–Trinajstić information content (AvgIpc) is 2.73. The summed E-state index contributed by atoms with van der Waals surface area (Å²) in [5.74, 6) is -0.150. The number of hydrogen-bond acceptors (Lipinski definition) is 3. The molecule has 0 aromatic heterocycles. The largest absolute Gasteiger partial charge is 0.507 e. The number of ether oxygens (including phenoxy) is 1. The third kappa shape index (κ3) is 4.37. The number of rotatable bonds is 6. The molecule has 3 nitrogen and oxygen atoms in total. The second-order valence-corrected chi connectivity index (χ2v) is 6.78. The summed E-state index contributed by atoms with van der Waals surface area (Å²) in [5, 5.41) is 10.0. The van der Waals surface area contributed by atoms with E-state index in [1.807, 2.05) is 30.3 Å². The van der Waals surface area contributed by atoms with E-state index in [-0.39, 0.29) is 17.2 Å². The van der Waals surface area contributed by atoms with Crippen LogP contribution in [0.4, 0.5) is 0 Å². The number of esters is 1. The zero-order chi connectivity index (χ0) is 19.2. The lowest BCUT2D eigenvalue weighted by atomic mass is 9.81. The van der Waals surface area contributed by atoms with Gasteiger partial charge in [0.1, 0.15) is 11.3 Å². The van der Waals surface area contributed by atoms with Gasteiger partial charge < -0.3 is 9.84 Å². The maximum absolute atomic E-state index is 12.0. The van der Waals surface area contributed by atoms with Crippen LogP contribution in [0.1, 0.15) is 52.2 Å². The first-order chi connectivity index (χ1) is 13.1. The molecule has 0 bridgehead atoms. The van der Waals surface area contributed by atoms with Gasteiger partial charge in [-0.2, -0.15) is 0 Å². The van der Waals surface area contributed by atoms with Gasteiger partial charge in [-0.05, 0) is 41.2 Å². The molecule has 2 atom stereocenters. The van der Waals surface area contributed by atoms with E-state index in [4.69, 9.17) is 4.74 Å². The van der Waals surface area contributed by atoms with Crippen molar-refractivity contribution in [1.29, 1.82) is 0 Å². The fraction of sp³-hybridized carbons (Fsp3) is 0.208. The standard InChI is InChI=1S/C24H24O3/c1-17(18-9-5-3-6-10-18)15-21(19-11-7-4-8-12-19)20-13-14-23(25)22(16-20)24(26)27-2/h3-14,16-17,21,25H,15H2,1-2H3. The summed E-state index contributed by atoms with van der Waals surface area (Å²) in [6.07, 6.45) is 0.888. The van der Waals surface area contributed by atoms with Crippen LogP contribution in [0.15, 0.2) is 78.9 Å². The lowest BCUT2D eigenvalue weighted by molar-refractivity contribution is 0.0597. The van der Waals surface area contributed by atoms with Gasteiger partial charge in [0.15, 0.2) is 0 Å². The number of carbonyl (C=O) groups excluding carboxylic acids is 1. The van der Waals surface area contributed by atoms with Crippen molar-refractivity contribution in [2.45, 2.75) is 25.2 Å². The monoisotopic (exact) mass is 360 g/mol. The van der Waals surface area contributed by atoms with Crippen LogP contribution in [0.25, 0.3) is 0 Å². The summed E-state index contributed by atoms with van der Waals surface area (Å²) >= 11 is 0. The number of methoxy groups -OCH3 is 1. The molecule has 3 aromatic carbocycles.